The Labute approximate surface area is 126 Å². The number of nitrogens with zero attached hydrogens (tertiary/aromatic N) is 1. The molecular weight excluding hydrogens is 266 g/mol. The number of rotatable bonds is 5. The van der Waals surface area contributed by atoms with E-state index in [9.17, 15) is 4.79 Å². The predicted octanol–water partition coefficient (Wildman–Crippen LogP) is 1.84. The van der Waals surface area contributed by atoms with Crippen molar-refractivity contribution in [1.29, 1.82) is 0 Å². The van der Waals surface area contributed by atoms with Gasteiger partial charge < -0.3 is 20.7 Å². The minimum absolute atomic E-state index is 0.276. The summed E-state index contributed by atoms with van der Waals surface area (Å²) in [5.41, 5.74) is 5.93. The van der Waals surface area contributed by atoms with Gasteiger partial charge in [-0.15, -0.1) is 0 Å². The Morgan fingerprint density at radius 2 is 1.86 bits per heavy atom. The fraction of sp³-hybridized carbons (Fsp3) is 0.562. The lowest BCUT2D eigenvalue weighted by Crippen LogP contribution is -2.57. The molecule has 3 N–H and O–H groups in total. The fourth-order valence-electron chi connectivity index (χ4n) is 2.81. The van der Waals surface area contributed by atoms with Crippen molar-refractivity contribution in [2.45, 2.75) is 38.3 Å². The van der Waals surface area contributed by atoms with E-state index in [2.05, 4.69) is 24.1 Å². The molecule has 1 heterocycles. The number of primary amides is 1. The van der Waals surface area contributed by atoms with Crippen molar-refractivity contribution in [2.75, 3.05) is 25.5 Å². The number of nitrogens with two attached hydrogens (primary N) is 1. The molecule has 1 saturated heterocycles. The van der Waals surface area contributed by atoms with Crippen molar-refractivity contribution >= 4 is 11.6 Å². The van der Waals surface area contributed by atoms with Gasteiger partial charge in [-0.3, -0.25) is 4.79 Å². The Bertz CT molecular complexity index is 477. The van der Waals surface area contributed by atoms with E-state index in [4.69, 9.17) is 10.5 Å². The van der Waals surface area contributed by atoms with Crippen molar-refractivity contribution in [1.82, 2.24) is 4.90 Å². The molecule has 5 heteroatoms. The molecule has 0 unspecified atom stereocenters. The lowest BCUT2D eigenvalue weighted by Gasteiger charge is -2.42. The van der Waals surface area contributed by atoms with Crippen LogP contribution in [0.1, 0.15) is 26.7 Å². The number of amides is 1. The summed E-state index contributed by atoms with van der Waals surface area (Å²) in [6.07, 6.45) is 1.46. The number of hydrogen-bond donors (Lipinski definition) is 2. The standard InChI is InChI=1S/C16H25N3O2/c1-12(2)19-10-8-16(9-11-19,15(17)20)18-13-4-6-14(21-3)7-5-13/h4-7,12,18H,8-11H2,1-3H3,(H2,17,20). The molecule has 0 aromatic heterocycles. The lowest BCUT2D eigenvalue weighted by molar-refractivity contribution is -0.124. The largest absolute Gasteiger partial charge is 0.497 e. The zero-order chi connectivity index (χ0) is 15.5. The third kappa shape index (κ3) is 3.47. The molecule has 0 bridgehead atoms. The van der Waals surface area contributed by atoms with E-state index in [1.54, 1.807) is 7.11 Å². The van der Waals surface area contributed by atoms with Crippen LogP contribution in [-0.2, 0) is 4.79 Å². The molecule has 2 rings (SSSR count). The molecule has 1 aromatic carbocycles. The van der Waals surface area contributed by atoms with Gasteiger partial charge >= 0.3 is 0 Å². The smallest absolute Gasteiger partial charge is 0.243 e. The molecule has 1 aromatic rings. The minimum Gasteiger partial charge on any atom is -0.497 e. The van der Waals surface area contributed by atoms with E-state index in [1.165, 1.54) is 0 Å². The molecule has 1 fully saturated rings. The number of carbonyl (C=O) groups excluding carboxylic acids is 1. The van der Waals surface area contributed by atoms with Gasteiger partial charge in [0, 0.05) is 24.8 Å². The van der Waals surface area contributed by atoms with Crippen molar-refractivity contribution in [3.8, 4) is 5.75 Å². The fourth-order valence-corrected chi connectivity index (χ4v) is 2.81. The number of hydrogen-bond acceptors (Lipinski definition) is 4. The number of piperidine rings is 1. The van der Waals surface area contributed by atoms with Gasteiger partial charge in [0.1, 0.15) is 11.3 Å². The molecule has 1 aliphatic rings. The van der Waals surface area contributed by atoms with E-state index in [0.29, 0.717) is 6.04 Å². The zero-order valence-electron chi connectivity index (χ0n) is 13.1. The number of anilines is 1. The molecule has 5 nitrogen and oxygen atoms in total. The molecule has 0 atom stereocenters. The van der Waals surface area contributed by atoms with Crippen LogP contribution in [0.5, 0.6) is 5.75 Å². The first-order valence-electron chi connectivity index (χ1n) is 7.43. The van der Waals surface area contributed by atoms with Crippen LogP contribution in [-0.4, -0.2) is 42.6 Å². The van der Waals surface area contributed by atoms with E-state index >= 15 is 0 Å². The quantitative estimate of drug-likeness (QED) is 0.868. The van der Waals surface area contributed by atoms with Gasteiger partial charge in [0.25, 0.3) is 0 Å². The summed E-state index contributed by atoms with van der Waals surface area (Å²) in [6.45, 7) is 6.11. The summed E-state index contributed by atoms with van der Waals surface area (Å²) in [6, 6.07) is 8.08. The highest BCUT2D eigenvalue weighted by Gasteiger charge is 2.40. The number of benzene rings is 1. The first-order chi connectivity index (χ1) is 9.97. The number of methoxy groups -OCH3 is 1. The van der Waals surface area contributed by atoms with Crippen LogP contribution < -0.4 is 15.8 Å². The topological polar surface area (TPSA) is 67.6 Å². The maximum atomic E-state index is 12.0. The highest BCUT2D eigenvalue weighted by atomic mass is 16.5. The zero-order valence-corrected chi connectivity index (χ0v) is 13.1. The van der Waals surface area contributed by atoms with Crippen LogP contribution in [0.25, 0.3) is 0 Å². The van der Waals surface area contributed by atoms with Crippen LogP contribution >= 0.6 is 0 Å². The highest BCUT2D eigenvalue weighted by Crippen LogP contribution is 2.28. The normalized spacial score (nSPS) is 18.5. The van der Waals surface area contributed by atoms with Crippen LogP contribution in [0.3, 0.4) is 0 Å². The molecule has 1 aliphatic heterocycles. The SMILES string of the molecule is COc1ccc(NC2(C(N)=O)CCN(C(C)C)CC2)cc1. The third-order valence-electron chi connectivity index (χ3n) is 4.33. The van der Waals surface area contributed by atoms with Crippen LogP contribution in [0, 0.1) is 0 Å². The summed E-state index contributed by atoms with van der Waals surface area (Å²) in [5, 5.41) is 3.35. The van der Waals surface area contributed by atoms with Crippen molar-refractivity contribution in [2.24, 2.45) is 5.73 Å². The van der Waals surface area contributed by atoms with E-state index in [1.807, 2.05) is 24.3 Å². The number of ether oxygens (including phenoxy) is 1. The van der Waals surface area contributed by atoms with Crippen molar-refractivity contribution in [3.63, 3.8) is 0 Å². The van der Waals surface area contributed by atoms with Gasteiger partial charge in [0.2, 0.25) is 5.91 Å². The monoisotopic (exact) mass is 291 g/mol. The Balaban J connectivity index is 2.10. The summed E-state index contributed by atoms with van der Waals surface area (Å²) in [7, 11) is 1.63. The third-order valence-corrected chi connectivity index (χ3v) is 4.33. The maximum absolute atomic E-state index is 12.0. The van der Waals surface area contributed by atoms with Gasteiger partial charge in [-0.2, -0.15) is 0 Å². The van der Waals surface area contributed by atoms with Gasteiger partial charge in [0.05, 0.1) is 7.11 Å². The molecule has 0 aliphatic carbocycles. The summed E-state index contributed by atoms with van der Waals surface area (Å²) in [5.74, 6) is 0.519. The Morgan fingerprint density at radius 3 is 2.29 bits per heavy atom. The second-order valence-electron chi connectivity index (χ2n) is 5.93. The highest BCUT2D eigenvalue weighted by molar-refractivity contribution is 5.88. The minimum atomic E-state index is -0.653. The Morgan fingerprint density at radius 1 is 1.29 bits per heavy atom. The van der Waals surface area contributed by atoms with Gasteiger partial charge in [0.15, 0.2) is 0 Å². The summed E-state index contributed by atoms with van der Waals surface area (Å²) < 4.78 is 5.15. The molecular formula is C16H25N3O2. The number of likely N-dealkylation sites (tertiary alicyclic amines) is 1. The average molecular weight is 291 g/mol. The first kappa shape index (κ1) is 15.6. The Kier molecular flexibility index (Phi) is 4.73. The molecule has 0 saturated carbocycles. The van der Waals surface area contributed by atoms with Crippen LogP contribution in [0.2, 0.25) is 0 Å². The van der Waals surface area contributed by atoms with E-state index in [0.717, 1.165) is 37.4 Å². The molecule has 116 valence electrons. The predicted molar refractivity (Wildman–Crippen MR) is 84.5 cm³/mol. The maximum Gasteiger partial charge on any atom is 0.243 e. The summed E-state index contributed by atoms with van der Waals surface area (Å²) in [4.78, 5) is 14.4. The van der Waals surface area contributed by atoms with Crippen LogP contribution in [0.15, 0.2) is 24.3 Å². The van der Waals surface area contributed by atoms with Gasteiger partial charge in [-0.25, -0.2) is 0 Å². The van der Waals surface area contributed by atoms with Crippen molar-refractivity contribution < 1.29 is 9.53 Å². The second-order valence-corrected chi connectivity index (χ2v) is 5.93. The van der Waals surface area contributed by atoms with E-state index in [-0.39, 0.29) is 5.91 Å². The molecule has 1 amide bonds. The average Bonchev–Trinajstić information content (AvgIpc) is 2.48. The number of carbonyl (C=O) groups is 1. The molecule has 0 spiro atoms. The molecule has 21 heavy (non-hydrogen) atoms. The van der Waals surface area contributed by atoms with Gasteiger partial charge in [-0.05, 0) is 51.0 Å². The van der Waals surface area contributed by atoms with Crippen LogP contribution in [0.4, 0.5) is 5.69 Å². The van der Waals surface area contributed by atoms with Crippen molar-refractivity contribution in [3.05, 3.63) is 24.3 Å². The van der Waals surface area contributed by atoms with Gasteiger partial charge in [-0.1, -0.05) is 0 Å². The number of nitrogens with one attached hydrogen (secondary N) is 1. The second kappa shape index (κ2) is 6.35. The summed E-state index contributed by atoms with van der Waals surface area (Å²) >= 11 is 0. The Hall–Kier alpha value is -1.75. The lowest BCUT2D eigenvalue weighted by atomic mass is 9.86. The first-order valence-corrected chi connectivity index (χ1v) is 7.43. The molecule has 0 radical (unpaired) electrons. The van der Waals surface area contributed by atoms with E-state index < -0.39 is 5.54 Å².